The SMILES string of the molecule is CC(C)NCCCOCCCC(=O)NC1(C)CC(O)C1. The summed E-state index contributed by atoms with van der Waals surface area (Å²) in [7, 11) is 0. The maximum Gasteiger partial charge on any atom is 0.220 e. The molecule has 118 valence electrons. The van der Waals surface area contributed by atoms with Crippen LogP contribution in [0.2, 0.25) is 0 Å². The van der Waals surface area contributed by atoms with E-state index in [9.17, 15) is 9.90 Å². The van der Waals surface area contributed by atoms with E-state index in [2.05, 4.69) is 24.5 Å². The van der Waals surface area contributed by atoms with Crippen LogP contribution < -0.4 is 10.6 Å². The van der Waals surface area contributed by atoms with Crippen LogP contribution in [0.3, 0.4) is 0 Å². The van der Waals surface area contributed by atoms with E-state index in [4.69, 9.17) is 4.74 Å². The molecule has 3 N–H and O–H groups in total. The number of carbonyl (C=O) groups is 1. The van der Waals surface area contributed by atoms with E-state index in [1.165, 1.54) is 0 Å². The zero-order chi connectivity index (χ0) is 15.0. The molecule has 0 atom stereocenters. The predicted octanol–water partition coefficient (Wildman–Crippen LogP) is 1.20. The van der Waals surface area contributed by atoms with Crippen LogP contribution in [0.5, 0.6) is 0 Å². The summed E-state index contributed by atoms with van der Waals surface area (Å²) in [4.78, 5) is 11.7. The van der Waals surface area contributed by atoms with Crippen molar-refractivity contribution in [3.63, 3.8) is 0 Å². The largest absolute Gasteiger partial charge is 0.393 e. The predicted molar refractivity (Wildman–Crippen MR) is 79.6 cm³/mol. The minimum Gasteiger partial charge on any atom is -0.393 e. The first-order valence-corrected chi connectivity index (χ1v) is 7.71. The third-order valence-electron chi connectivity index (χ3n) is 3.52. The molecule has 0 aromatic rings. The highest BCUT2D eigenvalue weighted by atomic mass is 16.5. The number of nitrogens with one attached hydrogen (secondary N) is 2. The summed E-state index contributed by atoms with van der Waals surface area (Å²) in [5.41, 5.74) is -0.195. The second-order valence-corrected chi connectivity index (χ2v) is 6.35. The van der Waals surface area contributed by atoms with Crippen LogP contribution >= 0.6 is 0 Å². The monoisotopic (exact) mass is 286 g/mol. The Morgan fingerprint density at radius 1 is 1.35 bits per heavy atom. The highest BCUT2D eigenvalue weighted by Gasteiger charge is 2.40. The summed E-state index contributed by atoms with van der Waals surface area (Å²) in [5.74, 6) is 0.0597. The van der Waals surface area contributed by atoms with E-state index in [1.54, 1.807) is 0 Å². The van der Waals surface area contributed by atoms with Crippen molar-refractivity contribution in [2.45, 2.75) is 70.6 Å². The Labute approximate surface area is 122 Å². The second-order valence-electron chi connectivity index (χ2n) is 6.35. The first kappa shape index (κ1) is 17.4. The average molecular weight is 286 g/mol. The fourth-order valence-corrected chi connectivity index (χ4v) is 2.48. The van der Waals surface area contributed by atoms with Crippen molar-refractivity contribution in [3.8, 4) is 0 Å². The van der Waals surface area contributed by atoms with Crippen LogP contribution in [0.1, 0.15) is 52.9 Å². The summed E-state index contributed by atoms with van der Waals surface area (Å²) in [5, 5.41) is 15.6. The van der Waals surface area contributed by atoms with Gasteiger partial charge in [0, 0.05) is 31.2 Å². The molecule has 0 unspecified atom stereocenters. The van der Waals surface area contributed by atoms with Gasteiger partial charge in [0.25, 0.3) is 0 Å². The van der Waals surface area contributed by atoms with E-state index in [0.717, 1.165) is 26.0 Å². The molecule has 0 aromatic carbocycles. The van der Waals surface area contributed by atoms with Gasteiger partial charge in [-0.2, -0.15) is 0 Å². The Kier molecular flexibility index (Phi) is 7.48. The van der Waals surface area contributed by atoms with Crippen LogP contribution in [0.15, 0.2) is 0 Å². The van der Waals surface area contributed by atoms with Crippen molar-refractivity contribution < 1.29 is 14.6 Å². The average Bonchev–Trinajstić information content (AvgIpc) is 2.30. The van der Waals surface area contributed by atoms with Gasteiger partial charge in [-0.3, -0.25) is 4.79 Å². The summed E-state index contributed by atoms with van der Waals surface area (Å²) in [6.07, 6.45) is 3.33. The lowest BCUT2D eigenvalue weighted by atomic mass is 9.76. The molecule has 1 aliphatic rings. The van der Waals surface area contributed by atoms with Gasteiger partial charge in [-0.05, 0) is 39.2 Å². The number of ether oxygens (including phenoxy) is 1. The van der Waals surface area contributed by atoms with Gasteiger partial charge in [0.15, 0.2) is 0 Å². The summed E-state index contributed by atoms with van der Waals surface area (Å²) < 4.78 is 5.49. The van der Waals surface area contributed by atoms with Crippen molar-refractivity contribution in [2.75, 3.05) is 19.8 Å². The first-order chi connectivity index (χ1) is 9.41. The minimum atomic E-state index is -0.247. The van der Waals surface area contributed by atoms with Crippen molar-refractivity contribution >= 4 is 5.91 Å². The van der Waals surface area contributed by atoms with E-state index in [-0.39, 0.29) is 17.6 Å². The Balaban J connectivity index is 1.90. The van der Waals surface area contributed by atoms with Crippen LogP contribution in [-0.2, 0) is 9.53 Å². The van der Waals surface area contributed by atoms with Crippen molar-refractivity contribution in [1.82, 2.24) is 10.6 Å². The Bertz CT molecular complexity index is 289. The number of carbonyl (C=O) groups excluding carboxylic acids is 1. The zero-order valence-corrected chi connectivity index (χ0v) is 13.1. The number of hydrogen-bond donors (Lipinski definition) is 3. The summed E-state index contributed by atoms with van der Waals surface area (Å²) in [6, 6.07) is 0.519. The Morgan fingerprint density at radius 3 is 2.60 bits per heavy atom. The molecular weight excluding hydrogens is 256 g/mol. The van der Waals surface area contributed by atoms with Crippen LogP contribution in [0, 0.1) is 0 Å². The van der Waals surface area contributed by atoms with Crippen LogP contribution in [0.4, 0.5) is 0 Å². The first-order valence-electron chi connectivity index (χ1n) is 7.71. The van der Waals surface area contributed by atoms with Crippen molar-refractivity contribution in [3.05, 3.63) is 0 Å². The molecule has 5 nitrogen and oxygen atoms in total. The number of amides is 1. The molecule has 0 aliphatic heterocycles. The van der Waals surface area contributed by atoms with E-state index >= 15 is 0 Å². The lowest BCUT2D eigenvalue weighted by Gasteiger charge is -2.43. The van der Waals surface area contributed by atoms with Gasteiger partial charge in [0.1, 0.15) is 0 Å². The quantitative estimate of drug-likeness (QED) is 0.528. The molecular formula is C15H30N2O3. The third kappa shape index (κ3) is 7.22. The molecule has 0 heterocycles. The molecule has 20 heavy (non-hydrogen) atoms. The van der Waals surface area contributed by atoms with Gasteiger partial charge in [-0.25, -0.2) is 0 Å². The van der Waals surface area contributed by atoms with E-state index in [0.29, 0.717) is 31.9 Å². The molecule has 1 fully saturated rings. The van der Waals surface area contributed by atoms with Gasteiger partial charge in [0.05, 0.1) is 6.10 Å². The molecule has 0 radical (unpaired) electrons. The van der Waals surface area contributed by atoms with Gasteiger partial charge in [0.2, 0.25) is 5.91 Å². The Hall–Kier alpha value is -0.650. The zero-order valence-electron chi connectivity index (χ0n) is 13.1. The van der Waals surface area contributed by atoms with Gasteiger partial charge in [-0.1, -0.05) is 13.8 Å². The van der Waals surface area contributed by atoms with E-state index in [1.807, 2.05) is 6.92 Å². The van der Waals surface area contributed by atoms with Crippen molar-refractivity contribution in [1.29, 1.82) is 0 Å². The summed E-state index contributed by atoms with van der Waals surface area (Å²) >= 11 is 0. The molecule has 1 aliphatic carbocycles. The molecule has 0 aromatic heterocycles. The highest BCUT2D eigenvalue weighted by Crippen LogP contribution is 2.31. The molecule has 0 bridgehead atoms. The molecule has 0 spiro atoms. The Morgan fingerprint density at radius 2 is 2.00 bits per heavy atom. The third-order valence-corrected chi connectivity index (χ3v) is 3.52. The molecule has 1 amide bonds. The second kappa shape index (κ2) is 8.60. The van der Waals surface area contributed by atoms with Gasteiger partial charge >= 0.3 is 0 Å². The highest BCUT2D eigenvalue weighted by molar-refractivity contribution is 5.76. The van der Waals surface area contributed by atoms with Gasteiger partial charge < -0.3 is 20.5 Å². The lowest BCUT2D eigenvalue weighted by molar-refractivity contribution is -0.125. The van der Waals surface area contributed by atoms with Gasteiger partial charge in [-0.15, -0.1) is 0 Å². The van der Waals surface area contributed by atoms with Crippen molar-refractivity contribution in [2.24, 2.45) is 0 Å². The lowest BCUT2D eigenvalue weighted by Crippen LogP contribution is -2.57. The number of rotatable bonds is 10. The fourth-order valence-electron chi connectivity index (χ4n) is 2.48. The smallest absolute Gasteiger partial charge is 0.220 e. The topological polar surface area (TPSA) is 70.6 Å². The minimum absolute atomic E-state index is 0.0597. The maximum absolute atomic E-state index is 11.7. The van der Waals surface area contributed by atoms with Crippen LogP contribution in [0.25, 0.3) is 0 Å². The molecule has 5 heteroatoms. The summed E-state index contributed by atoms with van der Waals surface area (Å²) in [6.45, 7) is 8.58. The van der Waals surface area contributed by atoms with E-state index < -0.39 is 0 Å². The standard InChI is InChI=1S/C15H30N2O3/c1-12(2)16-7-5-9-20-8-4-6-14(19)17-15(3)10-13(18)11-15/h12-13,16,18H,4-11H2,1-3H3,(H,17,19). The number of aliphatic hydroxyl groups is 1. The van der Waals surface area contributed by atoms with Crippen LogP contribution in [-0.4, -0.2) is 48.5 Å². The number of aliphatic hydroxyl groups excluding tert-OH is 1. The molecule has 0 saturated heterocycles. The number of hydrogen-bond acceptors (Lipinski definition) is 4. The normalized spacial score (nSPS) is 25.6. The molecule has 1 rings (SSSR count). The fraction of sp³-hybridized carbons (Fsp3) is 0.933. The maximum atomic E-state index is 11.7. The molecule has 1 saturated carbocycles.